The van der Waals surface area contributed by atoms with Crippen molar-refractivity contribution < 1.29 is 23.7 Å². The van der Waals surface area contributed by atoms with E-state index >= 15 is 0 Å². The van der Waals surface area contributed by atoms with Gasteiger partial charge in [0.05, 0.1) is 40.4 Å². The van der Waals surface area contributed by atoms with Crippen molar-refractivity contribution in [2.24, 2.45) is 5.10 Å². The highest BCUT2D eigenvalue weighted by atomic mass is 32.2. The minimum absolute atomic E-state index is 0.0835. The van der Waals surface area contributed by atoms with Gasteiger partial charge >= 0.3 is 0 Å². The number of benzene rings is 3. The number of hydrogen-bond donors (Lipinski definition) is 1. The summed E-state index contributed by atoms with van der Waals surface area (Å²) < 4.78 is 23.0. The first-order chi connectivity index (χ1) is 18.6. The first-order valence-electron chi connectivity index (χ1n) is 11.5. The molecule has 0 fully saturated rings. The molecule has 11 heteroatoms. The fourth-order valence-electron chi connectivity index (χ4n) is 3.53. The highest BCUT2D eigenvalue weighted by Gasteiger charge is 2.17. The van der Waals surface area contributed by atoms with Crippen LogP contribution in [0.5, 0.6) is 23.0 Å². The molecule has 0 unspecified atom stereocenters. The lowest BCUT2D eigenvalue weighted by atomic mass is 10.2. The van der Waals surface area contributed by atoms with Gasteiger partial charge in [0.15, 0.2) is 22.5 Å². The largest absolute Gasteiger partial charge is 0.497 e. The van der Waals surface area contributed by atoms with Gasteiger partial charge < -0.3 is 18.9 Å². The Balaban J connectivity index is 1.50. The van der Waals surface area contributed by atoms with Gasteiger partial charge in [-0.3, -0.25) is 9.36 Å². The molecular weight excluding hydrogens is 506 g/mol. The van der Waals surface area contributed by atoms with Crippen molar-refractivity contribution in [1.29, 1.82) is 0 Å². The summed E-state index contributed by atoms with van der Waals surface area (Å²) in [4.78, 5) is 12.5. The van der Waals surface area contributed by atoms with E-state index in [4.69, 9.17) is 18.9 Å². The monoisotopic (exact) mass is 533 g/mol. The summed E-state index contributed by atoms with van der Waals surface area (Å²) in [5.41, 5.74) is 4.97. The molecule has 0 aliphatic rings. The summed E-state index contributed by atoms with van der Waals surface area (Å²) in [6.07, 6.45) is 1.53. The summed E-state index contributed by atoms with van der Waals surface area (Å²) in [5, 5.41) is 13.4. The van der Waals surface area contributed by atoms with E-state index in [1.165, 1.54) is 18.0 Å². The predicted molar refractivity (Wildman–Crippen MR) is 146 cm³/mol. The van der Waals surface area contributed by atoms with Gasteiger partial charge in [0.25, 0.3) is 5.91 Å². The summed E-state index contributed by atoms with van der Waals surface area (Å²) in [7, 11) is 6.36. The molecule has 1 heterocycles. The van der Waals surface area contributed by atoms with E-state index in [-0.39, 0.29) is 11.7 Å². The maximum absolute atomic E-state index is 12.5. The van der Waals surface area contributed by atoms with Gasteiger partial charge in [-0.05, 0) is 72.3 Å². The Kier molecular flexibility index (Phi) is 8.83. The SMILES string of the molecule is COc1ccc(-c2nnc(SCC(=O)N/N=C/c3ccc(OC)c(OC)c3)n2-c2ccc(OC)cc2)cc1. The van der Waals surface area contributed by atoms with Gasteiger partial charge in [-0.15, -0.1) is 10.2 Å². The smallest absolute Gasteiger partial charge is 0.250 e. The Morgan fingerprint density at radius 3 is 2.16 bits per heavy atom. The molecule has 38 heavy (non-hydrogen) atoms. The van der Waals surface area contributed by atoms with E-state index in [0.717, 1.165) is 28.3 Å². The minimum Gasteiger partial charge on any atom is -0.497 e. The molecule has 1 amide bonds. The third-order valence-electron chi connectivity index (χ3n) is 5.46. The normalized spacial score (nSPS) is 10.8. The molecule has 0 saturated carbocycles. The van der Waals surface area contributed by atoms with Crippen molar-refractivity contribution in [2.45, 2.75) is 5.16 Å². The number of carbonyl (C=O) groups is 1. The number of aromatic nitrogens is 3. The molecule has 196 valence electrons. The molecule has 0 atom stereocenters. The Labute approximate surface area is 224 Å². The van der Waals surface area contributed by atoms with E-state index < -0.39 is 0 Å². The summed E-state index contributed by atoms with van der Waals surface area (Å²) in [5.74, 6) is 3.08. The second-order valence-corrected chi connectivity index (χ2v) is 8.71. The van der Waals surface area contributed by atoms with Crippen molar-refractivity contribution in [1.82, 2.24) is 20.2 Å². The molecule has 10 nitrogen and oxygen atoms in total. The number of hydrazone groups is 1. The lowest BCUT2D eigenvalue weighted by Gasteiger charge is -2.11. The number of ether oxygens (including phenoxy) is 4. The van der Waals surface area contributed by atoms with Crippen LogP contribution in [0, 0.1) is 0 Å². The fourth-order valence-corrected chi connectivity index (χ4v) is 4.27. The van der Waals surface area contributed by atoms with Gasteiger partial charge in [0, 0.05) is 11.3 Å². The topological polar surface area (TPSA) is 109 Å². The highest BCUT2D eigenvalue weighted by molar-refractivity contribution is 7.99. The second kappa shape index (κ2) is 12.6. The predicted octanol–water partition coefficient (Wildman–Crippen LogP) is 4.21. The van der Waals surface area contributed by atoms with E-state index in [9.17, 15) is 4.79 Å². The second-order valence-electron chi connectivity index (χ2n) is 7.76. The third-order valence-corrected chi connectivity index (χ3v) is 6.38. The average Bonchev–Trinajstić information content (AvgIpc) is 3.40. The molecule has 3 aromatic carbocycles. The maximum Gasteiger partial charge on any atom is 0.250 e. The number of nitrogens with zero attached hydrogens (tertiary/aromatic N) is 4. The van der Waals surface area contributed by atoms with Crippen LogP contribution in [-0.4, -0.2) is 61.1 Å². The van der Waals surface area contributed by atoms with Crippen molar-refractivity contribution in [3.8, 4) is 40.1 Å². The Morgan fingerprint density at radius 1 is 0.868 bits per heavy atom. The van der Waals surface area contributed by atoms with Gasteiger partial charge in [-0.2, -0.15) is 5.10 Å². The van der Waals surface area contributed by atoms with Gasteiger partial charge in [0.1, 0.15) is 11.5 Å². The molecule has 0 spiro atoms. The van der Waals surface area contributed by atoms with Crippen LogP contribution in [0.2, 0.25) is 0 Å². The van der Waals surface area contributed by atoms with Crippen molar-refractivity contribution in [2.75, 3.05) is 34.2 Å². The van der Waals surface area contributed by atoms with Crippen molar-refractivity contribution in [3.63, 3.8) is 0 Å². The number of thioether (sulfide) groups is 1. The van der Waals surface area contributed by atoms with Crippen LogP contribution >= 0.6 is 11.8 Å². The standard InChI is InChI=1S/C27H27N5O5S/c1-34-21-10-6-19(7-11-21)26-30-31-27(32(26)20-8-12-22(35-2)13-9-20)38-17-25(33)29-28-16-18-5-14-23(36-3)24(15-18)37-4/h5-16H,17H2,1-4H3,(H,29,33)/b28-16+. The van der Waals surface area contributed by atoms with E-state index in [2.05, 4.69) is 20.7 Å². The number of nitrogens with one attached hydrogen (secondary N) is 1. The van der Waals surface area contributed by atoms with Crippen LogP contribution < -0.4 is 24.4 Å². The first kappa shape index (κ1) is 26.6. The average molecular weight is 534 g/mol. The zero-order valence-corrected chi connectivity index (χ0v) is 22.2. The van der Waals surface area contributed by atoms with Crippen molar-refractivity contribution >= 4 is 23.9 Å². The number of hydrogen-bond acceptors (Lipinski definition) is 9. The molecule has 0 aliphatic heterocycles. The Bertz CT molecular complexity index is 1400. The van der Waals surface area contributed by atoms with Crippen molar-refractivity contribution in [3.05, 3.63) is 72.3 Å². The van der Waals surface area contributed by atoms with Crippen LogP contribution in [0.25, 0.3) is 17.1 Å². The Hall–Kier alpha value is -4.51. The molecule has 4 aromatic rings. The van der Waals surface area contributed by atoms with Gasteiger partial charge in [-0.1, -0.05) is 11.8 Å². The van der Waals surface area contributed by atoms with E-state index in [1.54, 1.807) is 40.6 Å². The van der Waals surface area contributed by atoms with Crippen LogP contribution in [0.4, 0.5) is 0 Å². The zero-order valence-electron chi connectivity index (χ0n) is 21.4. The molecule has 1 aromatic heterocycles. The number of rotatable bonds is 11. The Morgan fingerprint density at radius 2 is 1.53 bits per heavy atom. The maximum atomic E-state index is 12.5. The van der Waals surface area contributed by atoms with Crippen LogP contribution in [-0.2, 0) is 4.79 Å². The quantitative estimate of drug-likeness (QED) is 0.174. The zero-order chi connectivity index (χ0) is 26.9. The van der Waals surface area contributed by atoms with Gasteiger partial charge in [-0.25, -0.2) is 5.43 Å². The molecule has 0 radical (unpaired) electrons. The molecule has 0 bridgehead atoms. The van der Waals surface area contributed by atoms with E-state index in [1.807, 2.05) is 59.2 Å². The first-order valence-corrected chi connectivity index (χ1v) is 12.5. The molecular formula is C27H27N5O5S. The van der Waals surface area contributed by atoms with Crippen LogP contribution in [0.15, 0.2) is 77.0 Å². The van der Waals surface area contributed by atoms with E-state index in [0.29, 0.717) is 22.5 Å². The molecule has 4 rings (SSSR count). The molecule has 1 N–H and O–H groups in total. The van der Waals surface area contributed by atoms with Crippen LogP contribution in [0.1, 0.15) is 5.56 Å². The molecule has 0 aliphatic carbocycles. The number of methoxy groups -OCH3 is 4. The number of amides is 1. The fraction of sp³-hybridized carbons (Fsp3) is 0.185. The lowest BCUT2D eigenvalue weighted by molar-refractivity contribution is -0.118. The lowest BCUT2D eigenvalue weighted by Crippen LogP contribution is -2.20. The van der Waals surface area contributed by atoms with Crippen LogP contribution in [0.3, 0.4) is 0 Å². The molecule has 0 saturated heterocycles. The number of carbonyl (C=O) groups excluding carboxylic acids is 1. The minimum atomic E-state index is -0.290. The summed E-state index contributed by atoms with van der Waals surface area (Å²) >= 11 is 1.25. The third kappa shape index (κ3) is 6.24. The summed E-state index contributed by atoms with van der Waals surface area (Å²) in [6.45, 7) is 0. The highest BCUT2D eigenvalue weighted by Crippen LogP contribution is 2.30. The van der Waals surface area contributed by atoms with Gasteiger partial charge in [0.2, 0.25) is 0 Å². The summed E-state index contributed by atoms with van der Waals surface area (Å²) in [6, 6.07) is 20.4.